The highest BCUT2D eigenvalue weighted by atomic mass is 16.2. The van der Waals surface area contributed by atoms with E-state index >= 15 is 0 Å². The van der Waals surface area contributed by atoms with E-state index in [-0.39, 0.29) is 5.91 Å². The lowest BCUT2D eigenvalue weighted by atomic mass is 10.3. The molecule has 0 bridgehead atoms. The second-order valence-corrected chi connectivity index (χ2v) is 3.09. The van der Waals surface area contributed by atoms with Gasteiger partial charge in [-0.1, -0.05) is 0 Å². The summed E-state index contributed by atoms with van der Waals surface area (Å²) in [4.78, 5) is 14.5. The number of carbonyl (C=O) groups is 1. The minimum atomic E-state index is 0.192. The standard InChI is InChI=1S/C7H15N3O/c1-9-2-4-10(5-3-9)7(11)6-8/h2-6,8H2,1H3/p+2. The molecule has 0 aromatic heterocycles. The van der Waals surface area contributed by atoms with Crippen molar-refractivity contribution in [2.45, 2.75) is 0 Å². The largest absolute Gasteiger partial charge is 0.350 e. The molecule has 1 saturated heterocycles. The van der Waals surface area contributed by atoms with Crippen molar-refractivity contribution in [2.75, 3.05) is 39.8 Å². The van der Waals surface area contributed by atoms with E-state index in [0.29, 0.717) is 6.54 Å². The topological polar surface area (TPSA) is 52.4 Å². The Balaban J connectivity index is 2.33. The number of hydrogen-bond donors (Lipinski definition) is 2. The Bertz CT molecular complexity index is 141. The number of carbonyl (C=O) groups excluding carboxylic acids is 1. The van der Waals surface area contributed by atoms with E-state index in [4.69, 9.17) is 0 Å². The van der Waals surface area contributed by atoms with E-state index in [1.54, 1.807) is 0 Å². The molecule has 0 aliphatic carbocycles. The van der Waals surface area contributed by atoms with Crippen molar-refractivity contribution in [3.8, 4) is 0 Å². The molecule has 1 rings (SSSR count). The molecule has 1 fully saturated rings. The quantitative estimate of drug-likeness (QED) is 0.411. The molecule has 0 saturated carbocycles. The molecule has 1 amide bonds. The van der Waals surface area contributed by atoms with Crippen LogP contribution in [0, 0.1) is 0 Å². The lowest BCUT2D eigenvalue weighted by Gasteiger charge is -2.29. The molecule has 4 heteroatoms. The predicted molar refractivity (Wildman–Crippen MR) is 41.0 cm³/mol. The molecule has 4 N–H and O–H groups in total. The predicted octanol–water partition coefficient (Wildman–Crippen LogP) is -3.41. The zero-order valence-corrected chi connectivity index (χ0v) is 7.10. The molecule has 64 valence electrons. The summed E-state index contributed by atoms with van der Waals surface area (Å²) in [5.41, 5.74) is 3.58. The minimum absolute atomic E-state index is 0.192. The zero-order valence-electron chi connectivity index (χ0n) is 7.10. The average Bonchev–Trinajstić information content (AvgIpc) is 2.05. The summed E-state index contributed by atoms with van der Waals surface area (Å²) in [6.07, 6.45) is 0. The number of amides is 1. The van der Waals surface area contributed by atoms with Gasteiger partial charge < -0.3 is 15.5 Å². The van der Waals surface area contributed by atoms with Crippen molar-refractivity contribution < 1.29 is 15.4 Å². The van der Waals surface area contributed by atoms with E-state index < -0.39 is 0 Å². The fourth-order valence-electron chi connectivity index (χ4n) is 1.30. The Morgan fingerprint density at radius 3 is 2.55 bits per heavy atom. The van der Waals surface area contributed by atoms with Crippen LogP contribution in [0.2, 0.25) is 0 Å². The fourth-order valence-corrected chi connectivity index (χ4v) is 1.30. The van der Waals surface area contributed by atoms with Gasteiger partial charge in [0.05, 0.1) is 33.2 Å². The Kier molecular flexibility index (Phi) is 2.84. The average molecular weight is 159 g/mol. The normalized spacial score (nSPS) is 20.4. The number of nitrogens with one attached hydrogen (secondary N) is 1. The molecular weight excluding hydrogens is 142 g/mol. The highest BCUT2D eigenvalue weighted by Gasteiger charge is 2.20. The van der Waals surface area contributed by atoms with E-state index in [2.05, 4.69) is 12.8 Å². The van der Waals surface area contributed by atoms with Gasteiger partial charge in [0, 0.05) is 0 Å². The molecule has 1 heterocycles. The van der Waals surface area contributed by atoms with Crippen molar-refractivity contribution in [2.24, 2.45) is 0 Å². The summed E-state index contributed by atoms with van der Waals surface area (Å²) in [5, 5.41) is 0. The summed E-state index contributed by atoms with van der Waals surface area (Å²) in [6, 6.07) is 0. The van der Waals surface area contributed by atoms with Gasteiger partial charge in [-0.15, -0.1) is 0 Å². The zero-order chi connectivity index (χ0) is 8.27. The first-order chi connectivity index (χ1) is 5.24. The monoisotopic (exact) mass is 159 g/mol. The summed E-state index contributed by atoms with van der Waals surface area (Å²) in [7, 11) is 2.16. The Morgan fingerprint density at radius 2 is 2.09 bits per heavy atom. The molecular formula is C7H17N3O+2. The van der Waals surface area contributed by atoms with Crippen molar-refractivity contribution in [1.29, 1.82) is 0 Å². The van der Waals surface area contributed by atoms with Crippen LogP contribution in [-0.2, 0) is 4.79 Å². The van der Waals surface area contributed by atoms with Gasteiger partial charge in [0.25, 0.3) is 5.91 Å². The van der Waals surface area contributed by atoms with Crippen molar-refractivity contribution >= 4 is 5.91 Å². The Hall–Kier alpha value is -0.610. The van der Waals surface area contributed by atoms with Crippen LogP contribution >= 0.6 is 0 Å². The third-order valence-corrected chi connectivity index (χ3v) is 2.18. The van der Waals surface area contributed by atoms with Gasteiger partial charge in [-0.3, -0.25) is 4.79 Å². The summed E-state index contributed by atoms with van der Waals surface area (Å²) >= 11 is 0. The van der Waals surface area contributed by atoms with Gasteiger partial charge in [0.15, 0.2) is 6.54 Å². The van der Waals surface area contributed by atoms with Crippen LogP contribution in [0.1, 0.15) is 0 Å². The minimum Gasteiger partial charge on any atom is -0.350 e. The smallest absolute Gasteiger partial charge is 0.278 e. The highest BCUT2D eigenvalue weighted by molar-refractivity contribution is 5.76. The third kappa shape index (κ3) is 2.17. The van der Waals surface area contributed by atoms with Gasteiger partial charge in [-0.05, 0) is 0 Å². The molecule has 0 radical (unpaired) electrons. The number of quaternary nitrogens is 2. The molecule has 0 aromatic carbocycles. The maximum atomic E-state index is 11.1. The summed E-state index contributed by atoms with van der Waals surface area (Å²) < 4.78 is 0. The molecule has 0 aromatic rings. The summed E-state index contributed by atoms with van der Waals surface area (Å²) in [6.45, 7) is 4.36. The lowest BCUT2D eigenvalue weighted by molar-refractivity contribution is -0.883. The molecule has 11 heavy (non-hydrogen) atoms. The maximum Gasteiger partial charge on any atom is 0.278 e. The fraction of sp³-hybridized carbons (Fsp3) is 0.857. The maximum absolute atomic E-state index is 11.1. The van der Waals surface area contributed by atoms with Gasteiger partial charge >= 0.3 is 0 Å². The van der Waals surface area contributed by atoms with Gasteiger partial charge in [-0.25, -0.2) is 0 Å². The van der Waals surface area contributed by atoms with Gasteiger partial charge in [0.1, 0.15) is 0 Å². The first-order valence-electron chi connectivity index (χ1n) is 4.12. The molecule has 0 unspecified atom stereocenters. The van der Waals surface area contributed by atoms with Crippen LogP contribution < -0.4 is 10.6 Å². The molecule has 1 aliphatic heterocycles. The first kappa shape index (κ1) is 8.49. The van der Waals surface area contributed by atoms with Crippen LogP contribution in [0.5, 0.6) is 0 Å². The number of rotatable bonds is 1. The number of likely N-dealkylation sites (N-methyl/N-ethyl adjacent to an activating group) is 1. The van der Waals surface area contributed by atoms with Crippen LogP contribution in [0.4, 0.5) is 0 Å². The summed E-state index contributed by atoms with van der Waals surface area (Å²) in [5.74, 6) is 0.192. The lowest BCUT2D eigenvalue weighted by Crippen LogP contribution is -3.12. The number of nitrogens with zero attached hydrogens (tertiary/aromatic N) is 1. The SMILES string of the molecule is C[NH+]1CCN(C(=O)C[NH3+])CC1. The Morgan fingerprint density at radius 1 is 1.55 bits per heavy atom. The van der Waals surface area contributed by atoms with Gasteiger partial charge in [0.2, 0.25) is 0 Å². The second-order valence-electron chi connectivity index (χ2n) is 3.09. The van der Waals surface area contributed by atoms with Crippen molar-refractivity contribution in [3.05, 3.63) is 0 Å². The first-order valence-corrected chi connectivity index (χ1v) is 4.12. The second kappa shape index (κ2) is 3.69. The van der Waals surface area contributed by atoms with Crippen LogP contribution in [0.3, 0.4) is 0 Å². The number of piperazine rings is 1. The molecule has 1 aliphatic rings. The van der Waals surface area contributed by atoms with E-state index in [9.17, 15) is 4.79 Å². The highest BCUT2D eigenvalue weighted by Crippen LogP contribution is 1.87. The Labute approximate surface area is 66.9 Å². The van der Waals surface area contributed by atoms with Crippen molar-refractivity contribution in [1.82, 2.24) is 4.90 Å². The van der Waals surface area contributed by atoms with E-state index in [1.807, 2.05) is 4.90 Å². The molecule has 0 spiro atoms. The van der Waals surface area contributed by atoms with Crippen molar-refractivity contribution in [3.63, 3.8) is 0 Å². The number of hydrogen-bond acceptors (Lipinski definition) is 1. The van der Waals surface area contributed by atoms with Gasteiger partial charge in [-0.2, -0.15) is 0 Å². The van der Waals surface area contributed by atoms with Crippen LogP contribution in [-0.4, -0.2) is 50.6 Å². The molecule has 0 atom stereocenters. The van der Waals surface area contributed by atoms with Crippen LogP contribution in [0.15, 0.2) is 0 Å². The van der Waals surface area contributed by atoms with Crippen LogP contribution in [0.25, 0.3) is 0 Å². The van der Waals surface area contributed by atoms with E-state index in [1.165, 1.54) is 4.90 Å². The van der Waals surface area contributed by atoms with E-state index in [0.717, 1.165) is 26.2 Å². The molecule has 4 nitrogen and oxygen atoms in total. The third-order valence-electron chi connectivity index (χ3n) is 2.18.